The number of hydrogen-bond donors (Lipinski definition) is 0. The predicted molar refractivity (Wildman–Crippen MR) is 82.1 cm³/mol. The number of halogens is 3. The number of terminal acetylenes is 1. The molecule has 1 heterocycles. The second-order valence-corrected chi connectivity index (χ2v) is 6.80. The van der Waals surface area contributed by atoms with Crippen LogP contribution in [0.2, 0.25) is 0 Å². The molecule has 0 spiro atoms. The number of benzene rings is 1. The summed E-state index contributed by atoms with van der Waals surface area (Å²) in [5.41, 5.74) is -1.07. The summed E-state index contributed by atoms with van der Waals surface area (Å²) < 4.78 is 68.3. The van der Waals surface area contributed by atoms with Crippen molar-refractivity contribution in [3.63, 3.8) is 0 Å². The first-order chi connectivity index (χ1) is 11.1. The Bertz CT molecular complexity index is 885. The fourth-order valence-corrected chi connectivity index (χ4v) is 2.92. The number of sulfone groups is 1. The summed E-state index contributed by atoms with van der Waals surface area (Å²) in [6, 6.07) is 8.50. The standard InChI is InChI=1S/C16H12F3NO3S/c1-3-9-23-15-14(11-7-5-4-6-8-11)12(24(2,21)22)10-13(20-15)16(17,18)19/h1,4-8,10H,9H2,2H3. The van der Waals surface area contributed by atoms with Crippen LogP contribution in [0.15, 0.2) is 41.3 Å². The predicted octanol–water partition coefficient (Wildman–Crippen LogP) is 3.18. The molecule has 24 heavy (non-hydrogen) atoms. The minimum atomic E-state index is -4.83. The lowest BCUT2D eigenvalue weighted by Gasteiger charge is -2.16. The molecule has 0 unspecified atom stereocenters. The van der Waals surface area contributed by atoms with Gasteiger partial charge in [0.05, 0.1) is 10.5 Å². The lowest BCUT2D eigenvalue weighted by atomic mass is 10.1. The summed E-state index contributed by atoms with van der Waals surface area (Å²) in [4.78, 5) is 2.90. The van der Waals surface area contributed by atoms with Crippen molar-refractivity contribution in [3.05, 3.63) is 42.1 Å². The molecule has 0 N–H and O–H groups in total. The molecule has 0 atom stereocenters. The fraction of sp³-hybridized carbons (Fsp3) is 0.188. The summed E-state index contributed by atoms with van der Waals surface area (Å²) in [6.45, 7) is -0.350. The van der Waals surface area contributed by atoms with Gasteiger partial charge in [0.25, 0.3) is 0 Å². The molecule has 1 aromatic carbocycles. The summed E-state index contributed by atoms with van der Waals surface area (Å²) in [5, 5.41) is 0. The van der Waals surface area contributed by atoms with Gasteiger partial charge in [-0.25, -0.2) is 13.4 Å². The smallest absolute Gasteiger partial charge is 0.433 e. The van der Waals surface area contributed by atoms with Gasteiger partial charge in [0.15, 0.2) is 16.4 Å². The minimum absolute atomic E-state index is 0.0543. The second-order valence-electron chi connectivity index (χ2n) is 4.81. The van der Waals surface area contributed by atoms with E-state index in [9.17, 15) is 21.6 Å². The van der Waals surface area contributed by atoms with Gasteiger partial charge in [-0.1, -0.05) is 36.3 Å². The molecule has 0 amide bonds. The lowest BCUT2D eigenvalue weighted by Crippen LogP contribution is -2.13. The summed E-state index contributed by atoms with van der Waals surface area (Å²) >= 11 is 0. The summed E-state index contributed by atoms with van der Waals surface area (Å²) in [7, 11) is -3.98. The van der Waals surface area contributed by atoms with E-state index in [0.717, 1.165) is 6.26 Å². The second kappa shape index (κ2) is 6.53. The van der Waals surface area contributed by atoms with Gasteiger partial charge >= 0.3 is 6.18 Å². The van der Waals surface area contributed by atoms with E-state index in [4.69, 9.17) is 11.2 Å². The third-order valence-corrected chi connectivity index (χ3v) is 4.12. The van der Waals surface area contributed by atoms with Gasteiger partial charge < -0.3 is 4.74 Å². The maximum absolute atomic E-state index is 13.0. The van der Waals surface area contributed by atoms with E-state index in [1.54, 1.807) is 30.3 Å². The quantitative estimate of drug-likeness (QED) is 0.791. The van der Waals surface area contributed by atoms with Crippen molar-refractivity contribution in [2.45, 2.75) is 11.1 Å². The van der Waals surface area contributed by atoms with E-state index in [-0.39, 0.29) is 12.2 Å². The maximum Gasteiger partial charge on any atom is 0.433 e. The van der Waals surface area contributed by atoms with Crippen LogP contribution in [0.4, 0.5) is 13.2 Å². The van der Waals surface area contributed by atoms with Crippen LogP contribution in [-0.2, 0) is 16.0 Å². The largest absolute Gasteiger partial charge is 0.464 e. The van der Waals surface area contributed by atoms with Crippen molar-refractivity contribution in [2.24, 2.45) is 0 Å². The van der Waals surface area contributed by atoms with Crippen LogP contribution in [0, 0.1) is 12.3 Å². The zero-order valence-corrected chi connectivity index (χ0v) is 13.3. The zero-order valence-electron chi connectivity index (χ0n) is 12.5. The van der Waals surface area contributed by atoms with Gasteiger partial charge in [0, 0.05) is 6.26 Å². The first-order valence-corrected chi connectivity index (χ1v) is 8.47. The summed E-state index contributed by atoms with van der Waals surface area (Å²) in [6.07, 6.45) is 1.06. The van der Waals surface area contributed by atoms with E-state index in [1.807, 2.05) is 0 Å². The molecule has 0 saturated heterocycles. The van der Waals surface area contributed by atoms with E-state index < -0.39 is 32.5 Å². The Morgan fingerprint density at radius 2 is 1.88 bits per heavy atom. The monoisotopic (exact) mass is 355 g/mol. The van der Waals surface area contributed by atoms with Crippen LogP contribution in [0.5, 0.6) is 5.88 Å². The van der Waals surface area contributed by atoms with Crippen LogP contribution in [0.1, 0.15) is 5.69 Å². The maximum atomic E-state index is 13.0. The molecule has 1 aromatic heterocycles. The Morgan fingerprint density at radius 3 is 2.38 bits per heavy atom. The van der Waals surface area contributed by atoms with Crippen molar-refractivity contribution in [1.29, 1.82) is 0 Å². The highest BCUT2D eigenvalue weighted by Gasteiger charge is 2.36. The van der Waals surface area contributed by atoms with Crippen molar-refractivity contribution in [1.82, 2.24) is 4.98 Å². The van der Waals surface area contributed by atoms with Crippen molar-refractivity contribution in [2.75, 3.05) is 12.9 Å². The minimum Gasteiger partial charge on any atom is -0.464 e. The highest BCUT2D eigenvalue weighted by Crippen LogP contribution is 2.39. The molecule has 0 aliphatic heterocycles. The molecule has 0 bridgehead atoms. The van der Waals surface area contributed by atoms with Gasteiger partial charge in [-0.15, -0.1) is 6.42 Å². The van der Waals surface area contributed by atoms with Crippen molar-refractivity contribution < 1.29 is 26.3 Å². The molecule has 8 heteroatoms. The molecule has 0 saturated carbocycles. The van der Waals surface area contributed by atoms with Crippen LogP contribution in [0.3, 0.4) is 0 Å². The highest BCUT2D eigenvalue weighted by atomic mass is 32.2. The number of rotatable bonds is 4. The first-order valence-electron chi connectivity index (χ1n) is 6.58. The Morgan fingerprint density at radius 1 is 1.25 bits per heavy atom. The third-order valence-electron chi connectivity index (χ3n) is 2.99. The van der Waals surface area contributed by atoms with Gasteiger partial charge in [0.1, 0.15) is 5.69 Å². The Hall–Kier alpha value is -2.53. The number of ether oxygens (including phenoxy) is 1. The van der Waals surface area contributed by atoms with Crippen LogP contribution in [0.25, 0.3) is 11.1 Å². The number of aromatic nitrogens is 1. The molecular formula is C16H12F3NO3S. The van der Waals surface area contributed by atoms with E-state index in [0.29, 0.717) is 11.6 Å². The topological polar surface area (TPSA) is 56.3 Å². The van der Waals surface area contributed by atoms with Gasteiger partial charge in [0.2, 0.25) is 5.88 Å². The van der Waals surface area contributed by atoms with E-state index in [1.165, 1.54) is 0 Å². The number of alkyl halides is 3. The third kappa shape index (κ3) is 3.86. The number of hydrogen-bond acceptors (Lipinski definition) is 4. The number of pyridine rings is 1. The lowest BCUT2D eigenvalue weighted by molar-refractivity contribution is -0.141. The normalized spacial score (nSPS) is 11.8. The van der Waals surface area contributed by atoms with E-state index >= 15 is 0 Å². The average Bonchev–Trinajstić information content (AvgIpc) is 2.51. The Balaban J connectivity index is 2.86. The molecule has 126 valence electrons. The van der Waals surface area contributed by atoms with Crippen LogP contribution >= 0.6 is 0 Å². The molecular weight excluding hydrogens is 343 g/mol. The molecule has 2 aromatic rings. The van der Waals surface area contributed by atoms with Crippen LogP contribution < -0.4 is 4.74 Å². The molecule has 0 aliphatic rings. The van der Waals surface area contributed by atoms with Gasteiger partial charge in [-0.3, -0.25) is 0 Å². The molecule has 0 fully saturated rings. The highest BCUT2D eigenvalue weighted by molar-refractivity contribution is 7.90. The van der Waals surface area contributed by atoms with E-state index in [2.05, 4.69) is 10.9 Å². The zero-order chi connectivity index (χ0) is 18.0. The average molecular weight is 355 g/mol. The van der Waals surface area contributed by atoms with Crippen LogP contribution in [-0.4, -0.2) is 26.3 Å². The molecule has 0 radical (unpaired) electrons. The summed E-state index contributed by atoms with van der Waals surface area (Å²) in [5.74, 6) is 1.64. The SMILES string of the molecule is C#CCOc1nc(C(F)(F)F)cc(S(C)(=O)=O)c1-c1ccccc1. The first kappa shape index (κ1) is 17.8. The molecule has 0 aliphatic carbocycles. The van der Waals surface area contributed by atoms with Crippen molar-refractivity contribution in [3.8, 4) is 29.4 Å². The fourth-order valence-electron chi connectivity index (χ4n) is 2.02. The molecule has 4 nitrogen and oxygen atoms in total. The Kier molecular flexibility index (Phi) is 4.85. The van der Waals surface area contributed by atoms with Gasteiger partial charge in [-0.2, -0.15) is 13.2 Å². The van der Waals surface area contributed by atoms with Gasteiger partial charge in [-0.05, 0) is 11.6 Å². The number of nitrogens with zero attached hydrogens (tertiary/aromatic N) is 1. The molecule has 2 rings (SSSR count). The van der Waals surface area contributed by atoms with Crippen molar-refractivity contribution >= 4 is 9.84 Å². The Labute approximate surface area is 137 Å².